The molecule has 0 radical (unpaired) electrons. The van der Waals surface area contributed by atoms with Crippen molar-refractivity contribution in [1.29, 1.82) is 0 Å². The fourth-order valence-electron chi connectivity index (χ4n) is 3.34. The number of nitrogens with one attached hydrogen (secondary N) is 1. The van der Waals surface area contributed by atoms with Crippen LogP contribution in [0.3, 0.4) is 0 Å². The van der Waals surface area contributed by atoms with E-state index in [1.807, 2.05) is 19.1 Å². The number of halogens is 2. The Kier molecular flexibility index (Phi) is 5.08. The molecule has 10 heteroatoms. The highest BCUT2D eigenvalue weighted by Crippen LogP contribution is 2.25. The molecule has 0 saturated heterocycles. The zero-order valence-electron chi connectivity index (χ0n) is 16.7. The molecular weight excluding hydrogens is 449 g/mol. The van der Waals surface area contributed by atoms with Gasteiger partial charge in [-0.25, -0.2) is 14.6 Å². The number of aryl methyl sites for hydroxylation is 1. The molecule has 0 aliphatic carbocycles. The molecule has 0 spiro atoms. The molecule has 0 aliphatic heterocycles. The average Bonchev–Trinajstić information content (AvgIpc) is 3.37. The van der Waals surface area contributed by atoms with Crippen LogP contribution < -0.4 is 5.32 Å². The van der Waals surface area contributed by atoms with Crippen molar-refractivity contribution in [2.75, 3.05) is 5.32 Å². The van der Waals surface area contributed by atoms with Gasteiger partial charge in [-0.15, -0.1) is 0 Å². The van der Waals surface area contributed by atoms with Crippen molar-refractivity contribution in [2.24, 2.45) is 0 Å². The summed E-state index contributed by atoms with van der Waals surface area (Å²) in [7, 11) is 0. The highest BCUT2D eigenvalue weighted by Gasteiger charge is 2.18. The number of anilines is 1. The van der Waals surface area contributed by atoms with Crippen LogP contribution in [0.25, 0.3) is 22.5 Å². The van der Waals surface area contributed by atoms with Gasteiger partial charge >= 0.3 is 0 Å². The predicted octanol–water partition coefficient (Wildman–Crippen LogP) is 4.87. The first-order valence-corrected chi connectivity index (χ1v) is 10.3. The molecule has 5 rings (SSSR count). The summed E-state index contributed by atoms with van der Waals surface area (Å²) in [5, 5.41) is 13.7. The number of carbonyl (C=O) groups is 1. The van der Waals surface area contributed by atoms with Crippen LogP contribution in [-0.2, 0) is 0 Å². The van der Waals surface area contributed by atoms with E-state index >= 15 is 0 Å². The molecule has 0 unspecified atom stereocenters. The average molecular weight is 464 g/mol. The molecule has 3 heterocycles. The molecule has 0 bridgehead atoms. The predicted molar refractivity (Wildman–Crippen MR) is 123 cm³/mol. The highest BCUT2D eigenvalue weighted by molar-refractivity contribution is 6.31. The molecule has 0 atom stereocenters. The van der Waals surface area contributed by atoms with E-state index in [9.17, 15) is 4.79 Å². The molecule has 158 valence electrons. The summed E-state index contributed by atoms with van der Waals surface area (Å²) in [6.45, 7) is 1.83. The normalized spacial score (nSPS) is 11.1. The number of hydrogen-bond donors (Lipinski definition) is 1. The molecular formula is C22H15Cl2N7O. The van der Waals surface area contributed by atoms with Crippen LogP contribution in [0.2, 0.25) is 10.0 Å². The summed E-state index contributed by atoms with van der Waals surface area (Å²) in [4.78, 5) is 21.6. The minimum absolute atomic E-state index is 0.309. The Morgan fingerprint density at radius 3 is 2.56 bits per heavy atom. The maximum atomic E-state index is 12.8. The molecule has 3 aromatic heterocycles. The molecule has 2 aromatic carbocycles. The molecule has 32 heavy (non-hydrogen) atoms. The van der Waals surface area contributed by atoms with Crippen LogP contribution in [0.15, 0.2) is 67.1 Å². The van der Waals surface area contributed by atoms with Crippen molar-refractivity contribution in [3.8, 4) is 11.5 Å². The molecule has 0 saturated carbocycles. The van der Waals surface area contributed by atoms with Crippen LogP contribution in [0.5, 0.6) is 0 Å². The van der Waals surface area contributed by atoms with Gasteiger partial charge in [0.1, 0.15) is 12.1 Å². The summed E-state index contributed by atoms with van der Waals surface area (Å²) in [5.74, 6) is 0.646. The Labute approximate surface area is 192 Å². The Morgan fingerprint density at radius 2 is 1.78 bits per heavy atom. The molecule has 8 nitrogen and oxygen atoms in total. The monoisotopic (exact) mass is 463 g/mol. The van der Waals surface area contributed by atoms with Gasteiger partial charge in [0, 0.05) is 21.7 Å². The summed E-state index contributed by atoms with van der Waals surface area (Å²) >= 11 is 12.0. The fraction of sp³-hybridized carbons (Fsp3) is 0.0455. The van der Waals surface area contributed by atoms with Gasteiger partial charge in [-0.05, 0) is 49.4 Å². The first kappa shape index (κ1) is 20.2. The highest BCUT2D eigenvalue weighted by atomic mass is 35.5. The lowest BCUT2D eigenvalue weighted by Gasteiger charge is -2.09. The second kappa shape index (κ2) is 8.07. The van der Waals surface area contributed by atoms with Gasteiger partial charge < -0.3 is 5.32 Å². The van der Waals surface area contributed by atoms with Gasteiger partial charge in [-0.2, -0.15) is 14.9 Å². The Bertz CT molecular complexity index is 1460. The van der Waals surface area contributed by atoms with Gasteiger partial charge in [-0.1, -0.05) is 29.3 Å². The molecule has 1 N–H and O–H groups in total. The van der Waals surface area contributed by atoms with Crippen molar-refractivity contribution in [3.63, 3.8) is 0 Å². The van der Waals surface area contributed by atoms with Gasteiger partial charge in [0.15, 0.2) is 11.5 Å². The summed E-state index contributed by atoms with van der Waals surface area (Å²) < 4.78 is 3.26. The standard InChI is InChI=1S/C22H15Cl2N7O/c1-13-9-19(28-22(32)14-3-2-4-16(24)10-14)31(29-13)21-18-11-27-30(20(18)25-12-26-21)17-7-5-15(23)6-8-17/h2-12H,1H3,(H,28,32). The van der Waals surface area contributed by atoms with Crippen LogP contribution >= 0.6 is 23.2 Å². The number of hydrogen-bond acceptors (Lipinski definition) is 5. The molecule has 5 aromatic rings. The largest absolute Gasteiger partial charge is 0.306 e. The van der Waals surface area contributed by atoms with E-state index in [0.29, 0.717) is 44.0 Å². The molecule has 1 amide bonds. The minimum Gasteiger partial charge on any atom is -0.306 e. The lowest BCUT2D eigenvalue weighted by atomic mass is 10.2. The second-order valence-corrected chi connectivity index (χ2v) is 7.89. The third kappa shape index (κ3) is 3.70. The van der Waals surface area contributed by atoms with E-state index in [4.69, 9.17) is 23.2 Å². The number of carbonyl (C=O) groups excluding carboxylic acids is 1. The number of fused-ring (bicyclic) bond motifs is 1. The van der Waals surface area contributed by atoms with Crippen molar-refractivity contribution in [3.05, 3.63) is 88.4 Å². The van der Waals surface area contributed by atoms with Crippen LogP contribution in [-0.4, -0.2) is 35.4 Å². The van der Waals surface area contributed by atoms with E-state index in [1.54, 1.807) is 58.0 Å². The maximum absolute atomic E-state index is 12.8. The number of aromatic nitrogens is 6. The van der Waals surface area contributed by atoms with Crippen molar-refractivity contribution < 1.29 is 4.79 Å². The zero-order chi connectivity index (χ0) is 22.2. The SMILES string of the molecule is Cc1cc(NC(=O)c2cccc(Cl)c2)n(-c2ncnc3c2cnn3-c2ccc(Cl)cc2)n1. The molecule has 0 aliphatic rings. The van der Waals surface area contributed by atoms with Gasteiger partial charge in [0.05, 0.1) is 23.0 Å². The number of rotatable bonds is 4. The van der Waals surface area contributed by atoms with Gasteiger partial charge in [0.25, 0.3) is 5.91 Å². The maximum Gasteiger partial charge on any atom is 0.256 e. The van der Waals surface area contributed by atoms with Gasteiger partial charge in [0.2, 0.25) is 0 Å². The van der Waals surface area contributed by atoms with Crippen molar-refractivity contribution in [2.45, 2.75) is 6.92 Å². The lowest BCUT2D eigenvalue weighted by Crippen LogP contribution is -2.15. The second-order valence-electron chi connectivity index (χ2n) is 7.01. The lowest BCUT2D eigenvalue weighted by molar-refractivity contribution is 0.102. The minimum atomic E-state index is -0.309. The number of benzene rings is 2. The van der Waals surface area contributed by atoms with E-state index in [-0.39, 0.29) is 5.91 Å². The van der Waals surface area contributed by atoms with E-state index in [1.165, 1.54) is 6.33 Å². The van der Waals surface area contributed by atoms with Crippen LogP contribution in [0, 0.1) is 6.92 Å². The quantitative estimate of drug-likeness (QED) is 0.410. The third-order valence-corrected chi connectivity index (χ3v) is 5.26. The van der Waals surface area contributed by atoms with E-state index in [2.05, 4.69) is 25.5 Å². The summed E-state index contributed by atoms with van der Waals surface area (Å²) in [6, 6.07) is 15.8. The Balaban J connectivity index is 1.56. The van der Waals surface area contributed by atoms with E-state index < -0.39 is 0 Å². The first-order chi connectivity index (χ1) is 15.5. The third-order valence-electron chi connectivity index (χ3n) is 4.78. The zero-order valence-corrected chi connectivity index (χ0v) is 18.2. The first-order valence-electron chi connectivity index (χ1n) is 9.58. The van der Waals surface area contributed by atoms with Crippen molar-refractivity contribution in [1.82, 2.24) is 29.5 Å². The van der Waals surface area contributed by atoms with Crippen molar-refractivity contribution >= 4 is 46.0 Å². The Hall–Kier alpha value is -3.75. The topological polar surface area (TPSA) is 90.5 Å². The number of nitrogens with zero attached hydrogens (tertiary/aromatic N) is 6. The van der Waals surface area contributed by atoms with Crippen LogP contribution in [0.4, 0.5) is 5.82 Å². The van der Waals surface area contributed by atoms with Crippen LogP contribution in [0.1, 0.15) is 16.1 Å². The fourth-order valence-corrected chi connectivity index (χ4v) is 3.66. The van der Waals surface area contributed by atoms with Gasteiger partial charge in [-0.3, -0.25) is 4.79 Å². The summed E-state index contributed by atoms with van der Waals surface area (Å²) in [5.41, 5.74) is 2.55. The molecule has 0 fully saturated rings. The summed E-state index contributed by atoms with van der Waals surface area (Å²) in [6.07, 6.45) is 3.10. The smallest absolute Gasteiger partial charge is 0.256 e. The Morgan fingerprint density at radius 1 is 0.969 bits per heavy atom. The van der Waals surface area contributed by atoms with E-state index in [0.717, 1.165) is 5.69 Å². The number of amides is 1.